The van der Waals surface area contributed by atoms with Crippen LogP contribution in [0.25, 0.3) is 0 Å². The van der Waals surface area contributed by atoms with Crippen molar-refractivity contribution in [1.82, 2.24) is 5.32 Å². The highest BCUT2D eigenvalue weighted by Gasteiger charge is 1.98. The molecule has 0 saturated carbocycles. The molecular weight excluding hydrogens is 210 g/mol. The van der Waals surface area contributed by atoms with Crippen LogP contribution in [0.3, 0.4) is 0 Å². The van der Waals surface area contributed by atoms with Crippen molar-refractivity contribution in [3.05, 3.63) is 21.9 Å². The van der Waals surface area contributed by atoms with Crippen LogP contribution >= 0.6 is 23.1 Å². The molecule has 1 aromatic heterocycles. The number of aryl methyl sites for hydroxylation is 1. The second kappa shape index (κ2) is 6.49. The SMILES string of the molecule is Cc1ccsc1CNCCSC(C)C. The summed E-state index contributed by atoms with van der Waals surface area (Å²) in [7, 11) is 0. The number of thiophene rings is 1. The second-order valence-electron chi connectivity index (χ2n) is 3.62. The number of thioether (sulfide) groups is 1. The molecule has 0 aliphatic rings. The first-order valence-electron chi connectivity index (χ1n) is 5.05. The van der Waals surface area contributed by atoms with E-state index in [0.29, 0.717) is 0 Å². The fraction of sp³-hybridized carbons (Fsp3) is 0.636. The average molecular weight is 229 g/mol. The van der Waals surface area contributed by atoms with Crippen molar-refractivity contribution in [1.29, 1.82) is 0 Å². The van der Waals surface area contributed by atoms with Crippen LogP contribution in [0.1, 0.15) is 24.3 Å². The first kappa shape index (κ1) is 12.1. The van der Waals surface area contributed by atoms with Crippen LogP contribution in [0.5, 0.6) is 0 Å². The van der Waals surface area contributed by atoms with Gasteiger partial charge in [0.15, 0.2) is 0 Å². The van der Waals surface area contributed by atoms with E-state index >= 15 is 0 Å². The molecule has 0 saturated heterocycles. The summed E-state index contributed by atoms with van der Waals surface area (Å²) in [6.07, 6.45) is 0. The number of hydrogen-bond donors (Lipinski definition) is 1. The molecule has 14 heavy (non-hydrogen) atoms. The van der Waals surface area contributed by atoms with Crippen molar-refractivity contribution in [3.8, 4) is 0 Å². The van der Waals surface area contributed by atoms with E-state index in [-0.39, 0.29) is 0 Å². The van der Waals surface area contributed by atoms with Crippen molar-refractivity contribution < 1.29 is 0 Å². The number of hydrogen-bond acceptors (Lipinski definition) is 3. The molecule has 0 unspecified atom stereocenters. The Bertz CT molecular complexity index is 256. The number of nitrogens with one attached hydrogen (secondary N) is 1. The van der Waals surface area contributed by atoms with Gasteiger partial charge in [-0.2, -0.15) is 11.8 Å². The molecular formula is C11H19NS2. The van der Waals surface area contributed by atoms with Gasteiger partial charge < -0.3 is 5.32 Å². The van der Waals surface area contributed by atoms with Gasteiger partial charge in [0.1, 0.15) is 0 Å². The Kier molecular flexibility index (Phi) is 5.60. The zero-order valence-electron chi connectivity index (χ0n) is 9.17. The Hall–Kier alpha value is 0.01000. The summed E-state index contributed by atoms with van der Waals surface area (Å²) >= 11 is 3.86. The van der Waals surface area contributed by atoms with Crippen LogP contribution in [-0.4, -0.2) is 17.5 Å². The van der Waals surface area contributed by atoms with Crippen LogP contribution in [0.15, 0.2) is 11.4 Å². The van der Waals surface area contributed by atoms with E-state index in [1.807, 2.05) is 23.1 Å². The highest BCUT2D eigenvalue weighted by molar-refractivity contribution is 7.99. The third-order valence-electron chi connectivity index (χ3n) is 1.98. The molecule has 1 rings (SSSR count). The predicted molar refractivity (Wildman–Crippen MR) is 68.4 cm³/mol. The quantitative estimate of drug-likeness (QED) is 0.751. The first-order valence-corrected chi connectivity index (χ1v) is 6.98. The van der Waals surface area contributed by atoms with Crippen molar-refractivity contribution >= 4 is 23.1 Å². The first-order chi connectivity index (χ1) is 6.70. The van der Waals surface area contributed by atoms with E-state index in [2.05, 4.69) is 37.5 Å². The zero-order chi connectivity index (χ0) is 10.4. The minimum absolute atomic E-state index is 0.750. The summed E-state index contributed by atoms with van der Waals surface area (Å²) in [5.74, 6) is 1.21. The van der Waals surface area contributed by atoms with E-state index in [9.17, 15) is 0 Å². The number of rotatable bonds is 6. The third kappa shape index (κ3) is 4.49. The van der Waals surface area contributed by atoms with Gasteiger partial charge in [0, 0.05) is 23.7 Å². The van der Waals surface area contributed by atoms with Crippen LogP contribution < -0.4 is 5.32 Å². The Morgan fingerprint density at radius 3 is 2.86 bits per heavy atom. The molecule has 0 bridgehead atoms. The van der Waals surface area contributed by atoms with E-state index in [1.165, 1.54) is 16.2 Å². The third-order valence-corrected chi connectivity index (χ3v) is 4.11. The minimum Gasteiger partial charge on any atom is -0.311 e. The van der Waals surface area contributed by atoms with E-state index in [1.54, 1.807) is 0 Å². The Morgan fingerprint density at radius 2 is 2.29 bits per heavy atom. The highest BCUT2D eigenvalue weighted by Crippen LogP contribution is 2.14. The summed E-state index contributed by atoms with van der Waals surface area (Å²) in [6.45, 7) is 8.81. The fourth-order valence-corrected chi connectivity index (χ4v) is 2.76. The van der Waals surface area contributed by atoms with Crippen LogP contribution in [0.2, 0.25) is 0 Å². The summed E-state index contributed by atoms with van der Waals surface area (Å²) in [6, 6.07) is 2.19. The largest absolute Gasteiger partial charge is 0.311 e. The maximum absolute atomic E-state index is 3.47. The monoisotopic (exact) mass is 229 g/mol. The summed E-state index contributed by atoms with van der Waals surface area (Å²) in [5, 5.41) is 6.39. The molecule has 1 N–H and O–H groups in total. The van der Waals surface area contributed by atoms with Gasteiger partial charge in [0.25, 0.3) is 0 Å². The summed E-state index contributed by atoms with van der Waals surface area (Å²) in [5.41, 5.74) is 1.42. The van der Waals surface area contributed by atoms with Crippen LogP contribution in [-0.2, 0) is 6.54 Å². The fourth-order valence-electron chi connectivity index (χ4n) is 1.15. The maximum Gasteiger partial charge on any atom is 0.0302 e. The molecule has 0 fully saturated rings. The van der Waals surface area contributed by atoms with E-state index < -0.39 is 0 Å². The summed E-state index contributed by atoms with van der Waals surface area (Å²) in [4.78, 5) is 1.47. The van der Waals surface area contributed by atoms with Gasteiger partial charge in [-0.25, -0.2) is 0 Å². The lowest BCUT2D eigenvalue weighted by Gasteiger charge is -2.06. The molecule has 0 atom stereocenters. The Labute approximate surface area is 95.3 Å². The van der Waals surface area contributed by atoms with Gasteiger partial charge in [0.05, 0.1) is 0 Å². The molecule has 1 heterocycles. The average Bonchev–Trinajstić information content (AvgIpc) is 2.51. The van der Waals surface area contributed by atoms with Crippen molar-refractivity contribution in [3.63, 3.8) is 0 Å². The van der Waals surface area contributed by atoms with Crippen molar-refractivity contribution in [2.45, 2.75) is 32.6 Å². The molecule has 1 aromatic rings. The smallest absolute Gasteiger partial charge is 0.0302 e. The standard InChI is InChI=1S/C11H19NS2/c1-9(2)13-7-5-12-8-11-10(3)4-6-14-11/h4,6,9,12H,5,7-8H2,1-3H3. The highest BCUT2D eigenvalue weighted by atomic mass is 32.2. The Balaban J connectivity index is 2.08. The van der Waals surface area contributed by atoms with Gasteiger partial charge >= 0.3 is 0 Å². The normalized spacial score (nSPS) is 11.1. The molecule has 0 aromatic carbocycles. The second-order valence-corrected chi connectivity index (χ2v) is 6.31. The molecule has 0 aliphatic heterocycles. The van der Waals surface area contributed by atoms with Crippen LogP contribution in [0.4, 0.5) is 0 Å². The molecule has 0 aliphatic carbocycles. The zero-order valence-corrected chi connectivity index (χ0v) is 10.8. The van der Waals surface area contributed by atoms with Crippen LogP contribution in [0, 0.1) is 6.92 Å². The molecule has 80 valence electrons. The molecule has 0 radical (unpaired) electrons. The summed E-state index contributed by atoms with van der Waals surface area (Å²) < 4.78 is 0. The lowest BCUT2D eigenvalue weighted by atomic mass is 10.3. The molecule has 3 heteroatoms. The van der Waals surface area contributed by atoms with Gasteiger partial charge in [-0.15, -0.1) is 11.3 Å². The van der Waals surface area contributed by atoms with E-state index in [4.69, 9.17) is 0 Å². The minimum atomic E-state index is 0.750. The lowest BCUT2D eigenvalue weighted by molar-refractivity contribution is 0.737. The molecule has 0 spiro atoms. The van der Waals surface area contributed by atoms with Gasteiger partial charge in [-0.1, -0.05) is 13.8 Å². The van der Waals surface area contributed by atoms with Gasteiger partial charge in [-0.05, 0) is 29.2 Å². The van der Waals surface area contributed by atoms with E-state index in [0.717, 1.165) is 18.3 Å². The van der Waals surface area contributed by atoms with Crippen molar-refractivity contribution in [2.24, 2.45) is 0 Å². The molecule has 1 nitrogen and oxygen atoms in total. The topological polar surface area (TPSA) is 12.0 Å². The maximum atomic E-state index is 3.47. The Morgan fingerprint density at radius 1 is 1.50 bits per heavy atom. The predicted octanol–water partition coefficient (Wildman–Crippen LogP) is 3.29. The van der Waals surface area contributed by atoms with Gasteiger partial charge in [0.2, 0.25) is 0 Å². The van der Waals surface area contributed by atoms with Crippen molar-refractivity contribution in [2.75, 3.05) is 12.3 Å². The molecule has 0 amide bonds. The van der Waals surface area contributed by atoms with Gasteiger partial charge in [-0.3, -0.25) is 0 Å². The lowest BCUT2D eigenvalue weighted by Crippen LogP contribution is -2.16.